The minimum atomic E-state index is -2.78. The van der Waals surface area contributed by atoms with Gasteiger partial charge in [-0.25, -0.2) is 13.8 Å². The van der Waals surface area contributed by atoms with E-state index in [2.05, 4.69) is 4.98 Å². The molecule has 3 N–H and O–H groups in total. The topological polar surface area (TPSA) is 80.2 Å². The zero-order valence-corrected chi connectivity index (χ0v) is 12.4. The number of halogens is 2. The number of imidazole rings is 1. The van der Waals surface area contributed by atoms with E-state index < -0.39 is 12.2 Å². The number of allylic oxidation sites excluding steroid dienone is 1. The van der Waals surface area contributed by atoms with Gasteiger partial charge in [0.25, 0.3) is 6.43 Å². The van der Waals surface area contributed by atoms with Crippen LogP contribution in [-0.2, 0) is 4.74 Å². The molecule has 0 atom stereocenters. The molecule has 1 aromatic carbocycles. The fourth-order valence-electron chi connectivity index (χ4n) is 2.56. The number of rotatable bonds is 3. The van der Waals surface area contributed by atoms with Gasteiger partial charge in [-0.1, -0.05) is 12.1 Å². The SMILES string of the molecule is N=C(/C=C(\N)N1CCOCC1)n1c(C(F)F)nc2ccccc21. The number of alkyl halides is 2. The summed E-state index contributed by atoms with van der Waals surface area (Å²) in [5, 5.41) is 8.19. The Morgan fingerprint density at radius 2 is 2.00 bits per heavy atom. The van der Waals surface area contributed by atoms with Crippen LogP contribution in [0.4, 0.5) is 8.78 Å². The van der Waals surface area contributed by atoms with Crippen LogP contribution in [0.5, 0.6) is 0 Å². The number of morpholine rings is 1. The van der Waals surface area contributed by atoms with Gasteiger partial charge in [-0.3, -0.25) is 9.98 Å². The molecule has 122 valence electrons. The molecule has 2 aromatic rings. The molecule has 1 aromatic heterocycles. The molecule has 0 radical (unpaired) electrons. The van der Waals surface area contributed by atoms with Crippen molar-refractivity contribution in [2.75, 3.05) is 26.3 Å². The largest absolute Gasteiger partial charge is 0.385 e. The summed E-state index contributed by atoms with van der Waals surface area (Å²) < 4.78 is 32.9. The van der Waals surface area contributed by atoms with E-state index in [1.54, 1.807) is 24.3 Å². The minimum Gasteiger partial charge on any atom is -0.385 e. The predicted octanol–water partition coefficient (Wildman–Crippen LogP) is 1.93. The zero-order chi connectivity index (χ0) is 16.4. The average molecular weight is 321 g/mol. The van der Waals surface area contributed by atoms with Crippen LogP contribution in [-0.4, -0.2) is 46.6 Å². The molecule has 0 amide bonds. The number of para-hydroxylation sites is 2. The lowest BCUT2D eigenvalue weighted by Crippen LogP contribution is -2.38. The van der Waals surface area contributed by atoms with E-state index in [4.69, 9.17) is 15.9 Å². The summed E-state index contributed by atoms with van der Waals surface area (Å²) in [5.74, 6) is -0.239. The van der Waals surface area contributed by atoms with E-state index in [1.165, 1.54) is 6.08 Å². The maximum absolute atomic E-state index is 13.3. The van der Waals surface area contributed by atoms with Crippen molar-refractivity contribution in [2.45, 2.75) is 6.43 Å². The zero-order valence-electron chi connectivity index (χ0n) is 12.4. The number of fused-ring (bicyclic) bond motifs is 1. The third kappa shape index (κ3) is 3.02. The van der Waals surface area contributed by atoms with Crippen molar-refractivity contribution in [3.8, 4) is 0 Å². The molecule has 0 spiro atoms. The minimum absolute atomic E-state index is 0.141. The fourth-order valence-corrected chi connectivity index (χ4v) is 2.56. The molecular formula is C15H17F2N5O. The summed E-state index contributed by atoms with van der Waals surface area (Å²) in [6.07, 6.45) is -1.40. The monoisotopic (exact) mass is 321 g/mol. The number of hydrogen-bond donors (Lipinski definition) is 2. The van der Waals surface area contributed by atoms with Gasteiger partial charge in [-0.15, -0.1) is 0 Å². The van der Waals surface area contributed by atoms with E-state index in [0.717, 1.165) is 4.57 Å². The van der Waals surface area contributed by atoms with Gasteiger partial charge < -0.3 is 15.4 Å². The summed E-state index contributed by atoms with van der Waals surface area (Å²) in [6, 6.07) is 6.73. The van der Waals surface area contributed by atoms with Crippen molar-refractivity contribution in [3.05, 3.63) is 42.0 Å². The molecule has 8 heteroatoms. The molecule has 23 heavy (non-hydrogen) atoms. The van der Waals surface area contributed by atoms with Crippen molar-refractivity contribution in [1.29, 1.82) is 5.41 Å². The lowest BCUT2D eigenvalue weighted by molar-refractivity contribution is 0.0531. The number of nitrogens with zero attached hydrogens (tertiary/aromatic N) is 3. The third-order valence-corrected chi connectivity index (χ3v) is 3.68. The second-order valence-corrected chi connectivity index (χ2v) is 5.15. The van der Waals surface area contributed by atoms with E-state index in [1.807, 2.05) is 4.90 Å². The van der Waals surface area contributed by atoms with Crippen LogP contribution in [0.25, 0.3) is 11.0 Å². The lowest BCUT2D eigenvalue weighted by atomic mass is 10.3. The van der Waals surface area contributed by atoms with Crippen LogP contribution in [0, 0.1) is 5.41 Å². The summed E-state index contributed by atoms with van der Waals surface area (Å²) >= 11 is 0. The first-order valence-corrected chi connectivity index (χ1v) is 7.22. The van der Waals surface area contributed by atoms with E-state index >= 15 is 0 Å². The average Bonchev–Trinajstić information content (AvgIpc) is 2.95. The van der Waals surface area contributed by atoms with Crippen LogP contribution in [0.2, 0.25) is 0 Å². The third-order valence-electron chi connectivity index (χ3n) is 3.68. The molecule has 3 rings (SSSR count). The summed E-state index contributed by atoms with van der Waals surface area (Å²) in [6.45, 7) is 2.33. The molecule has 1 aliphatic rings. The van der Waals surface area contributed by atoms with Crippen LogP contribution in [0.15, 0.2) is 36.2 Å². The number of hydrogen-bond acceptors (Lipinski definition) is 5. The first-order chi connectivity index (χ1) is 11.1. The quantitative estimate of drug-likeness (QED) is 0.669. The molecule has 2 heterocycles. The summed E-state index contributed by atoms with van der Waals surface area (Å²) in [4.78, 5) is 5.78. The predicted molar refractivity (Wildman–Crippen MR) is 82.5 cm³/mol. The Labute approximate surface area is 131 Å². The molecule has 1 saturated heterocycles. The van der Waals surface area contributed by atoms with Gasteiger partial charge in [0.1, 0.15) is 11.7 Å². The van der Waals surface area contributed by atoms with Crippen molar-refractivity contribution < 1.29 is 13.5 Å². The Balaban J connectivity index is 1.98. The number of ether oxygens (including phenoxy) is 1. The number of nitrogens with two attached hydrogens (primary N) is 1. The van der Waals surface area contributed by atoms with Gasteiger partial charge in [0, 0.05) is 19.2 Å². The normalized spacial score (nSPS) is 16.3. The van der Waals surface area contributed by atoms with E-state index in [9.17, 15) is 8.78 Å². The Morgan fingerprint density at radius 3 is 2.70 bits per heavy atom. The maximum Gasteiger partial charge on any atom is 0.296 e. The number of aromatic nitrogens is 2. The first kappa shape index (κ1) is 15.4. The Kier molecular flexibility index (Phi) is 4.24. The highest BCUT2D eigenvalue weighted by Crippen LogP contribution is 2.24. The molecular weight excluding hydrogens is 304 g/mol. The number of benzene rings is 1. The lowest BCUT2D eigenvalue weighted by Gasteiger charge is -2.28. The van der Waals surface area contributed by atoms with Crippen LogP contribution >= 0.6 is 0 Å². The van der Waals surface area contributed by atoms with Crippen molar-refractivity contribution >= 4 is 16.9 Å². The Hall–Kier alpha value is -2.48. The van der Waals surface area contributed by atoms with Crippen LogP contribution < -0.4 is 5.73 Å². The van der Waals surface area contributed by atoms with Gasteiger partial charge in [-0.05, 0) is 12.1 Å². The van der Waals surface area contributed by atoms with Crippen LogP contribution in [0.3, 0.4) is 0 Å². The molecule has 0 unspecified atom stereocenters. The maximum atomic E-state index is 13.3. The van der Waals surface area contributed by atoms with Gasteiger partial charge in [-0.2, -0.15) is 0 Å². The van der Waals surface area contributed by atoms with Crippen LogP contribution in [0.1, 0.15) is 12.2 Å². The Morgan fingerprint density at radius 1 is 1.30 bits per heavy atom. The van der Waals surface area contributed by atoms with E-state index in [-0.39, 0.29) is 5.84 Å². The van der Waals surface area contributed by atoms with Gasteiger partial charge in [0.15, 0.2) is 5.82 Å². The molecule has 0 bridgehead atoms. The number of nitrogens with one attached hydrogen (secondary N) is 1. The van der Waals surface area contributed by atoms with Gasteiger partial charge >= 0.3 is 0 Å². The van der Waals surface area contributed by atoms with E-state index in [0.29, 0.717) is 43.2 Å². The van der Waals surface area contributed by atoms with Crippen molar-refractivity contribution in [3.63, 3.8) is 0 Å². The molecule has 1 aliphatic heterocycles. The summed E-state index contributed by atoms with van der Waals surface area (Å²) in [7, 11) is 0. The highest BCUT2D eigenvalue weighted by Gasteiger charge is 2.21. The van der Waals surface area contributed by atoms with Crippen molar-refractivity contribution in [1.82, 2.24) is 14.5 Å². The fraction of sp³-hybridized carbons (Fsp3) is 0.333. The standard InChI is InChI=1S/C15H17F2N5O/c16-14(17)15-20-10-3-1-2-4-11(10)22(15)13(19)9-12(18)21-5-7-23-8-6-21/h1-4,9,14,19H,5-8,18H2/b12-9+,19-13?. The molecule has 0 aliphatic carbocycles. The Bertz CT molecular complexity index is 749. The van der Waals surface area contributed by atoms with Crippen molar-refractivity contribution in [2.24, 2.45) is 5.73 Å². The molecule has 0 saturated carbocycles. The van der Waals surface area contributed by atoms with Gasteiger partial charge in [0.2, 0.25) is 0 Å². The highest BCUT2D eigenvalue weighted by atomic mass is 19.3. The molecule has 6 nitrogen and oxygen atoms in total. The first-order valence-electron chi connectivity index (χ1n) is 7.22. The molecule has 1 fully saturated rings. The smallest absolute Gasteiger partial charge is 0.296 e. The van der Waals surface area contributed by atoms with Gasteiger partial charge in [0.05, 0.1) is 24.2 Å². The highest BCUT2D eigenvalue weighted by molar-refractivity contribution is 5.99. The summed E-state index contributed by atoms with van der Waals surface area (Å²) in [5.41, 5.74) is 6.87. The second kappa shape index (κ2) is 6.33. The second-order valence-electron chi connectivity index (χ2n) is 5.15.